The van der Waals surface area contributed by atoms with E-state index in [9.17, 15) is 0 Å². The summed E-state index contributed by atoms with van der Waals surface area (Å²) >= 11 is 1.66. The van der Waals surface area contributed by atoms with Gasteiger partial charge in [-0.1, -0.05) is 6.07 Å². The molecule has 0 aromatic carbocycles. The van der Waals surface area contributed by atoms with Crippen LogP contribution in [0.1, 0.15) is 17.6 Å². The molecule has 0 amide bonds. The number of methoxy groups -OCH3 is 1. The molecule has 5 nitrogen and oxygen atoms in total. The Balaban J connectivity index is 2.08. The van der Waals surface area contributed by atoms with Crippen LogP contribution in [0.4, 0.5) is 5.82 Å². The highest BCUT2D eigenvalue weighted by Gasteiger charge is 2.06. The molecular weight excluding hydrogens is 262 g/mol. The van der Waals surface area contributed by atoms with Crippen molar-refractivity contribution in [1.82, 2.24) is 9.97 Å². The lowest BCUT2D eigenvalue weighted by molar-refractivity contribution is 0.176. The molecule has 6 heteroatoms. The number of nitrogens with one attached hydrogen (secondary N) is 1. The Morgan fingerprint density at radius 1 is 1.32 bits per heavy atom. The number of nitrogens with zero attached hydrogens (tertiary/aromatic N) is 2. The fourth-order valence-corrected chi connectivity index (χ4v) is 2.17. The molecule has 0 aliphatic carbocycles. The van der Waals surface area contributed by atoms with Gasteiger partial charge in [-0.2, -0.15) is 4.98 Å². The summed E-state index contributed by atoms with van der Waals surface area (Å²) in [6.07, 6.45) is 0. The van der Waals surface area contributed by atoms with Crippen molar-refractivity contribution in [3.63, 3.8) is 0 Å². The minimum absolute atomic E-state index is 0.370. The lowest BCUT2D eigenvalue weighted by atomic mass is 10.4. The van der Waals surface area contributed by atoms with Gasteiger partial charge in [0, 0.05) is 24.6 Å². The second-order valence-corrected chi connectivity index (χ2v) is 4.87. The molecule has 0 radical (unpaired) electrons. The molecule has 2 aromatic heterocycles. The van der Waals surface area contributed by atoms with Crippen molar-refractivity contribution in [1.29, 1.82) is 0 Å². The summed E-state index contributed by atoms with van der Waals surface area (Å²) in [7, 11) is 1.62. The van der Waals surface area contributed by atoms with Crippen LogP contribution in [0, 0.1) is 0 Å². The number of aromatic nitrogens is 2. The van der Waals surface area contributed by atoms with E-state index in [0.717, 1.165) is 17.2 Å². The number of thiophene rings is 1. The second kappa shape index (κ2) is 7.06. The van der Waals surface area contributed by atoms with Crippen LogP contribution < -0.4 is 10.1 Å². The molecule has 2 rings (SSSR count). The Morgan fingerprint density at radius 3 is 2.89 bits per heavy atom. The van der Waals surface area contributed by atoms with Crippen LogP contribution in [0.25, 0.3) is 0 Å². The summed E-state index contributed by atoms with van der Waals surface area (Å²) in [6.45, 7) is 3.71. The zero-order valence-corrected chi connectivity index (χ0v) is 11.9. The predicted molar refractivity (Wildman–Crippen MR) is 75.6 cm³/mol. The van der Waals surface area contributed by atoms with E-state index in [1.807, 2.05) is 24.4 Å². The van der Waals surface area contributed by atoms with Crippen LogP contribution in [0.5, 0.6) is 5.88 Å². The van der Waals surface area contributed by atoms with Gasteiger partial charge in [0.25, 0.3) is 0 Å². The quantitative estimate of drug-likeness (QED) is 0.844. The summed E-state index contributed by atoms with van der Waals surface area (Å²) in [4.78, 5) is 9.81. The highest BCUT2D eigenvalue weighted by atomic mass is 32.1. The van der Waals surface area contributed by atoms with E-state index in [2.05, 4.69) is 15.3 Å². The zero-order chi connectivity index (χ0) is 13.5. The fourth-order valence-electron chi connectivity index (χ4n) is 1.55. The second-order valence-electron chi connectivity index (χ2n) is 3.84. The van der Waals surface area contributed by atoms with Crippen LogP contribution in [0.3, 0.4) is 0 Å². The fraction of sp³-hybridized carbons (Fsp3) is 0.385. The molecule has 0 aliphatic heterocycles. The Bertz CT molecular complexity index is 478. The summed E-state index contributed by atoms with van der Waals surface area (Å²) in [5, 5.41) is 5.18. The third kappa shape index (κ3) is 4.18. The molecular formula is C13H17N3O2S. The average molecular weight is 279 g/mol. The average Bonchev–Trinajstić information content (AvgIpc) is 2.90. The highest BCUT2D eigenvalue weighted by molar-refractivity contribution is 7.09. The first-order valence-corrected chi connectivity index (χ1v) is 6.95. The lowest BCUT2D eigenvalue weighted by Gasteiger charge is -2.09. The molecule has 2 heterocycles. The van der Waals surface area contributed by atoms with E-state index in [0.29, 0.717) is 24.9 Å². The van der Waals surface area contributed by atoms with Crippen LogP contribution in [0.15, 0.2) is 23.6 Å². The molecule has 0 saturated carbocycles. The van der Waals surface area contributed by atoms with Crippen LogP contribution in [0.2, 0.25) is 0 Å². The Hall–Kier alpha value is -1.66. The van der Waals surface area contributed by atoms with Gasteiger partial charge in [0.2, 0.25) is 5.88 Å². The Kier molecular flexibility index (Phi) is 5.11. The molecule has 0 fully saturated rings. The van der Waals surface area contributed by atoms with Gasteiger partial charge in [-0.3, -0.25) is 0 Å². The maximum Gasteiger partial charge on any atom is 0.219 e. The van der Waals surface area contributed by atoms with Gasteiger partial charge in [0.1, 0.15) is 19.0 Å². The summed E-state index contributed by atoms with van der Waals surface area (Å²) < 4.78 is 10.7. The minimum atomic E-state index is 0.370. The third-order valence-electron chi connectivity index (χ3n) is 2.32. The molecule has 1 N–H and O–H groups in total. The third-order valence-corrected chi connectivity index (χ3v) is 3.17. The lowest BCUT2D eigenvalue weighted by Crippen LogP contribution is -2.06. The Labute approximate surface area is 116 Å². The molecule has 0 spiro atoms. The van der Waals surface area contributed by atoms with Crippen LogP contribution >= 0.6 is 11.3 Å². The topological polar surface area (TPSA) is 56.3 Å². The van der Waals surface area contributed by atoms with Crippen LogP contribution in [-0.2, 0) is 18.0 Å². The number of rotatable bonds is 7. The first-order chi connectivity index (χ1) is 9.31. The standard InChI is InChI=1S/C13H17N3O2S/c1-3-14-11-7-13(16-12(15-11)9-17-2)18-8-10-5-4-6-19-10/h4-7H,3,8-9H2,1-2H3,(H,14,15,16). The number of hydrogen-bond donors (Lipinski definition) is 1. The Morgan fingerprint density at radius 2 is 2.21 bits per heavy atom. The van der Waals surface area contributed by atoms with E-state index < -0.39 is 0 Å². The highest BCUT2D eigenvalue weighted by Crippen LogP contribution is 2.17. The van der Waals surface area contributed by atoms with Crippen molar-refractivity contribution in [2.24, 2.45) is 0 Å². The van der Waals surface area contributed by atoms with E-state index >= 15 is 0 Å². The largest absolute Gasteiger partial charge is 0.472 e. The molecule has 19 heavy (non-hydrogen) atoms. The summed E-state index contributed by atoms with van der Waals surface area (Å²) in [6, 6.07) is 5.84. The number of hydrogen-bond acceptors (Lipinski definition) is 6. The van der Waals surface area contributed by atoms with Crippen molar-refractivity contribution >= 4 is 17.2 Å². The van der Waals surface area contributed by atoms with Crippen molar-refractivity contribution in [3.05, 3.63) is 34.3 Å². The maximum absolute atomic E-state index is 5.69. The molecule has 102 valence electrons. The normalized spacial score (nSPS) is 10.4. The van der Waals surface area contributed by atoms with Gasteiger partial charge >= 0.3 is 0 Å². The van der Waals surface area contributed by atoms with Gasteiger partial charge in [0.05, 0.1) is 0 Å². The van der Waals surface area contributed by atoms with E-state index in [1.54, 1.807) is 24.5 Å². The van der Waals surface area contributed by atoms with Gasteiger partial charge in [-0.15, -0.1) is 11.3 Å². The molecule has 0 saturated heterocycles. The predicted octanol–water partition coefficient (Wildman–Crippen LogP) is 2.70. The summed E-state index contributed by atoms with van der Waals surface area (Å²) in [5.74, 6) is 1.93. The number of anilines is 1. The molecule has 0 atom stereocenters. The monoisotopic (exact) mass is 279 g/mol. The molecule has 0 unspecified atom stereocenters. The maximum atomic E-state index is 5.69. The number of ether oxygens (including phenoxy) is 2. The van der Waals surface area contributed by atoms with Crippen molar-refractivity contribution in [2.45, 2.75) is 20.1 Å². The van der Waals surface area contributed by atoms with Crippen molar-refractivity contribution in [2.75, 3.05) is 19.0 Å². The molecule has 0 aliphatic rings. The first-order valence-electron chi connectivity index (χ1n) is 6.07. The van der Waals surface area contributed by atoms with Crippen molar-refractivity contribution < 1.29 is 9.47 Å². The zero-order valence-electron chi connectivity index (χ0n) is 11.0. The van der Waals surface area contributed by atoms with E-state index in [-0.39, 0.29) is 0 Å². The SMILES string of the molecule is CCNc1cc(OCc2cccs2)nc(COC)n1. The van der Waals surface area contributed by atoms with Gasteiger partial charge < -0.3 is 14.8 Å². The van der Waals surface area contributed by atoms with E-state index in [1.165, 1.54) is 0 Å². The minimum Gasteiger partial charge on any atom is -0.472 e. The van der Waals surface area contributed by atoms with E-state index in [4.69, 9.17) is 9.47 Å². The first kappa shape index (κ1) is 13.8. The molecule has 0 bridgehead atoms. The van der Waals surface area contributed by atoms with Crippen molar-refractivity contribution in [3.8, 4) is 5.88 Å². The smallest absolute Gasteiger partial charge is 0.219 e. The van der Waals surface area contributed by atoms with Gasteiger partial charge in [-0.25, -0.2) is 4.98 Å². The van der Waals surface area contributed by atoms with Gasteiger partial charge in [0.15, 0.2) is 5.82 Å². The van der Waals surface area contributed by atoms with Crippen LogP contribution in [-0.4, -0.2) is 23.6 Å². The molecule has 2 aromatic rings. The van der Waals surface area contributed by atoms with Gasteiger partial charge in [-0.05, 0) is 18.4 Å². The summed E-state index contributed by atoms with van der Waals surface area (Å²) in [5.41, 5.74) is 0.